The van der Waals surface area contributed by atoms with Crippen molar-refractivity contribution in [2.45, 2.75) is 70.8 Å². The highest BCUT2D eigenvalue weighted by Crippen LogP contribution is 2.60. The van der Waals surface area contributed by atoms with Gasteiger partial charge in [0, 0.05) is 17.4 Å². The summed E-state index contributed by atoms with van der Waals surface area (Å²) in [5, 5.41) is 0. The van der Waals surface area contributed by atoms with Gasteiger partial charge >= 0.3 is 0 Å². The second-order valence-electron chi connectivity index (χ2n) is 10.4. The molecule has 3 heteroatoms. The molecule has 0 aromatic heterocycles. The fourth-order valence-electron chi connectivity index (χ4n) is 6.96. The highest BCUT2D eigenvalue weighted by molar-refractivity contribution is 6.14. The number of methoxy groups -OCH3 is 1. The number of carbonyl (C=O) groups excluding carboxylic acids is 1. The van der Waals surface area contributed by atoms with Crippen LogP contribution in [0.5, 0.6) is 5.75 Å². The minimum absolute atomic E-state index is 0.0438. The first-order valence-electron chi connectivity index (χ1n) is 10.7. The summed E-state index contributed by atoms with van der Waals surface area (Å²) in [6, 6.07) is 6.26. The van der Waals surface area contributed by atoms with E-state index in [-0.39, 0.29) is 11.0 Å². The fourth-order valence-corrected chi connectivity index (χ4v) is 6.96. The van der Waals surface area contributed by atoms with Crippen molar-refractivity contribution in [2.24, 2.45) is 28.2 Å². The number of nitrogens with zero attached hydrogens (tertiary/aromatic N) is 1. The van der Waals surface area contributed by atoms with Gasteiger partial charge in [-0.25, -0.2) is 0 Å². The Morgan fingerprint density at radius 2 is 1.74 bits per heavy atom. The Morgan fingerprint density at radius 1 is 1.11 bits per heavy atom. The van der Waals surface area contributed by atoms with Gasteiger partial charge in [-0.2, -0.15) is 0 Å². The van der Waals surface area contributed by atoms with Crippen LogP contribution >= 0.6 is 0 Å². The summed E-state index contributed by atoms with van der Waals surface area (Å²) in [5.41, 5.74) is 3.23. The van der Waals surface area contributed by atoms with E-state index < -0.39 is 0 Å². The van der Waals surface area contributed by atoms with Gasteiger partial charge < -0.3 is 4.74 Å². The van der Waals surface area contributed by atoms with Crippen LogP contribution < -0.4 is 4.74 Å². The van der Waals surface area contributed by atoms with E-state index in [1.54, 1.807) is 7.11 Å². The van der Waals surface area contributed by atoms with Gasteiger partial charge in [0.05, 0.1) is 18.4 Å². The topological polar surface area (TPSA) is 38.7 Å². The summed E-state index contributed by atoms with van der Waals surface area (Å²) in [7, 11) is 1.70. The normalized spacial score (nSPS) is 35.5. The van der Waals surface area contributed by atoms with E-state index in [0.29, 0.717) is 12.2 Å². The molecule has 3 nitrogen and oxygen atoms in total. The lowest BCUT2D eigenvalue weighted by molar-refractivity contribution is -0.142. The lowest BCUT2D eigenvalue weighted by Gasteiger charge is -2.56. The number of Topliss-reactive ketones (excluding diaryl/α,β-unsaturated/α-hetero) is 1. The molecule has 1 aromatic rings. The van der Waals surface area contributed by atoms with Gasteiger partial charge in [0.1, 0.15) is 11.5 Å². The van der Waals surface area contributed by atoms with Crippen molar-refractivity contribution in [3.63, 3.8) is 0 Å². The molecule has 0 saturated heterocycles. The second-order valence-corrected chi connectivity index (χ2v) is 10.4. The largest absolute Gasteiger partial charge is 0.497 e. The van der Waals surface area contributed by atoms with E-state index in [0.717, 1.165) is 60.5 Å². The number of fused-ring (bicyclic) bond motifs is 1. The van der Waals surface area contributed by atoms with E-state index in [9.17, 15) is 4.79 Å². The monoisotopic (exact) mass is 365 g/mol. The van der Waals surface area contributed by atoms with Crippen molar-refractivity contribution in [3.8, 4) is 5.75 Å². The molecule has 1 aliphatic heterocycles. The van der Waals surface area contributed by atoms with Crippen molar-refractivity contribution >= 4 is 11.5 Å². The van der Waals surface area contributed by atoms with Crippen molar-refractivity contribution < 1.29 is 9.53 Å². The number of carbonyl (C=O) groups is 1. The van der Waals surface area contributed by atoms with Gasteiger partial charge in [-0.3, -0.25) is 9.79 Å². The standard InChI is InChI=1S/C24H31NO2/c1-23(2)14-18-4-5-19(27-3)9-20(18)21(25-23)10-22(26)24-11-15-6-16(12-24)8-17(7-15)13-24/h4-5,9,15-17H,6-8,10-14H2,1-3H3. The van der Waals surface area contributed by atoms with Crippen LogP contribution in [-0.4, -0.2) is 24.1 Å². The van der Waals surface area contributed by atoms with Gasteiger partial charge in [0.2, 0.25) is 0 Å². The first-order chi connectivity index (χ1) is 12.9. The zero-order valence-corrected chi connectivity index (χ0v) is 16.9. The number of benzene rings is 1. The predicted octanol–water partition coefficient (Wildman–Crippen LogP) is 4.99. The maximum absolute atomic E-state index is 13.6. The molecule has 0 spiro atoms. The third-order valence-corrected chi connectivity index (χ3v) is 7.65. The Morgan fingerprint density at radius 3 is 2.33 bits per heavy atom. The number of hydrogen-bond donors (Lipinski definition) is 0. The minimum atomic E-state index is -0.140. The summed E-state index contributed by atoms with van der Waals surface area (Å²) in [4.78, 5) is 18.7. The van der Waals surface area contributed by atoms with Crippen LogP contribution in [0.4, 0.5) is 0 Å². The van der Waals surface area contributed by atoms with Crippen molar-refractivity contribution in [1.29, 1.82) is 0 Å². The molecule has 144 valence electrons. The smallest absolute Gasteiger partial charge is 0.145 e. The molecule has 4 fully saturated rings. The Labute approximate surface area is 162 Å². The minimum Gasteiger partial charge on any atom is -0.497 e. The van der Waals surface area contributed by atoms with Crippen LogP contribution in [0.25, 0.3) is 0 Å². The van der Waals surface area contributed by atoms with Gasteiger partial charge in [-0.15, -0.1) is 0 Å². The molecule has 1 heterocycles. The molecule has 5 aliphatic rings. The molecule has 4 saturated carbocycles. The maximum Gasteiger partial charge on any atom is 0.145 e. The van der Waals surface area contributed by atoms with Crippen molar-refractivity contribution in [1.82, 2.24) is 0 Å². The Hall–Kier alpha value is -1.64. The lowest BCUT2D eigenvalue weighted by Crippen LogP contribution is -2.50. The predicted molar refractivity (Wildman–Crippen MR) is 108 cm³/mol. The van der Waals surface area contributed by atoms with Crippen LogP contribution in [0, 0.1) is 23.2 Å². The molecule has 0 amide bonds. The number of hydrogen-bond acceptors (Lipinski definition) is 3. The third-order valence-electron chi connectivity index (χ3n) is 7.65. The van der Waals surface area contributed by atoms with Gasteiger partial charge in [0.25, 0.3) is 0 Å². The molecule has 1 aromatic carbocycles. The van der Waals surface area contributed by atoms with Crippen LogP contribution in [0.2, 0.25) is 0 Å². The molecule has 4 bridgehead atoms. The van der Waals surface area contributed by atoms with E-state index in [1.807, 2.05) is 6.07 Å². The lowest BCUT2D eigenvalue weighted by atomic mass is 9.48. The zero-order valence-electron chi connectivity index (χ0n) is 16.9. The van der Waals surface area contributed by atoms with Crippen LogP contribution in [0.3, 0.4) is 0 Å². The van der Waals surface area contributed by atoms with E-state index >= 15 is 0 Å². The molecule has 27 heavy (non-hydrogen) atoms. The number of ketones is 1. The highest BCUT2D eigenvalue weighted by atomic mass is 16.5. The fraction of sp³-hybridized carbons (Fsp3) is 0.667. The Bertz CT molecular complexity index is 784. The average molecular weight is 366 g/mol. The van der Waals surface area contributed by atoms with E-state index in [4.69, 9.17) is 9.73 Å². The molecule has 4 aliphatic carbocycles. The molecule has 0 atom stereocenters. The van der Waals surface area contributed by atoms with E-state index in [1.165, 1.54) is 24.8 Å². The summed E-state index contributed by atoms with van der Waals surface area (Å²) in [5.74, 6) is 3.72. The van der Waals surface area contributed by atoms with Crippen LogP contribution in [0.15, 0.2) is 23.2 Å². The summed E-state index contributed by atoms with van der Waals surface area (Å²) >= 11 is 0. The average Bonchev–Trinajstić information content (AvgIpc) is 2.59. The van der Waals surface area contributed by atoms with Crippen molar-refractivity contribution in [3.05, 3.63) is 29.3 Å². The summed E-state index contributed by atoms with van der Waals surface area (Å²) in [6.07, 6.45) is 8.96. The quantitative estimate of drug-likeness (QED) is 0.753. The first kappa shape index (κ1) is 17.5. The van der Waals surface area contributed by atoms with Gasteiger partial charge in [-0.05, 0) is 94.2 Å². The molecule has 0 radical (unpaired) electrons. The third kappa shape index (κ3) is 2.94. The second kappa shape index (κ2) is 5.93. The first-order valence-corrected chi connectivity index (χ1v) is 10.7. The number of rotatable bonds is 4. The van der Waals surface area contributed by atoms with Crippen LogP contribution in [-0.2, 0) is 11.2 Å². The number of aliphatic imine (C=N–C) groups is 1. The maximum atomic E-state index is 13.6. The Kier molecular flexibility index (Phi) is 3.83. The molecule has 0 N–H and O–H groups in total. The molecule has 6 rings (SSSR count). The van der Waals surface area contributed by atoms with Gasteiger partial charge in [-0.1, -0.05) is 6.07 Å². The molecular formula is C24H31NO2. The summed E-state index contributed by atoms with van der Waals surface area (Å²) < 4.78 is 5.45. The van der Waals surface area contributed by atoms with Crippen LogP contribution in [0.1, 0.15) is 69.9 Å². The van der Waals surface area contributed by atoms with E-state index in [2.05, 4.69) is 26.0 Å². The highest BCUT2D eigenvalue weighted by Gasteiger charge is 2.54. The van der Waals surface area contributed by atoms with Crippen molar-refractivity contribution in [2.75, 3.05) is 7.11 Å². The zero-order chi connectivity index (χ0) is 18.8. The molecule has 0 unspecified atom stereocenters. The number of ether oxygens (including phenoxy) is 1. The SMILES string of the molecule is COc1ccc2c(c1)C(CC(=O)C13CC4CC(CC(C4)C1)C3)=NC(C)(C)C2. The van der Waals surface area contributed by atoms with Gasteiger partial charge in [0.15, 0.2) is 0 Å². The summed E-state index contributed by atoms with van der Waals surface area (Å²) in [6.45, 7) is 4.35. The Balaban J connectivity index is 1.46. The molecular weight excluding hydrogens is 334 g/mol.